The maximum Gasteiger partial charge on any atom is 0.142 e. The lowest BCUT2D eigenvalue weighted by Crippen LogP contribution is -2.26. The molecule has 0 heterocycles. The number of aryl methyl sites for hydroxylation is 2. The van der Waals surface area contributed by atoms with Gasteiger partial charge in [0.05, 0.1) is 12.8 Å². The minimum atomic E-state index is 0.179. The highest BCUT2D eigenvalue weighted by Gasteiger charge is 2.15. The van der Waals surface area contributed by atoms with Crippen LogP contribution in [0.2, 0.25) is 0 Å². The number of benzene rings is 1. The van der Waals surface area contributed by atoms with E-state index in [1.165, 1.54) is 11.1 Å². The summed E-state index contributed by atoms with van der Waals surface area (Å²) in [6, 6.07) is 4.22. The van der Waals surface area contributed by atoms with Crippen molar-refractivity contribution in [2.24, 2.45) is 11.1 Å². The third-order valence-corrected chi connectivity index (χ3v) is 3.32. The van der Waals surface area contributed by atoms with Crippen LogP contribution in [0.4, 0.5) is 5.69 Å². The van der Waals surface area contributed by atoms with Crippen LogP contribution in [-0.4, -0.2) is 20.2 Å². The molecule has 0 atom stereocenters. The lowest BCUT2D eigenvalue weighted by molar-refractivity contribution is 0.357. The van der Waals surface area contributed by atoms with Crippen LogP contribution in [0, 0.1) is 19.3 Å². The van der Waals surface area contributed by atoms with E-state index >= 15 is 0 Å². The van der Waals surface area contributed by atoms with Crippen LogP contribution in [0.15, 0.2) is 12.1 Å². The van der Waals surface area contributed by atoms with Gasteiger partial charge in [0.2, 0.25) is 0 Å². The molecule has 0 bridgehead atoms. The second-order valence-electron chi connectivity index (χ2n) is 5.70. The molecule has 1 rings (SSSR count). The van der Waals surface area contributed by atoms with Crippen LogP contribution in [0.5, 0.6) is 5.75 Å². The van der Waals surface area contributed by atoms with Gasteiger partial charge in [0, 0.05) is 6.54 Å². The molecular weight excluding hydrogens is 224 g/mol. The molecule has 18 heavy (non-hydrogen) atoms. The predicted molar refractivity (Wildman–Crippen MR) is 78.4 cm³/mol. The highest BCUT2D eigenvalue weighted by molar-refractivity contribution is 5.63. The van der Waals surface area contributed by atoms with Gasteiger partial charge in [-0.25, -0.2) is 0 Å². The van der Waals surface area contributed by atoms with Crippen LogP contribution in [0.3, 0.4) is 0 Å². The van der Waals surface area contributed by atoms with Gasteiger partial charge in [-0.05, 0) is 49.4 Å². The first-order valence-corrected chi connectivity index (χ1v) is 6.49. The second kappa shape index (κ2) is 6.10. The monoisotopic (exact) mass is 250 g/mol. The molecule has 0 unspecified atom stereocenters. The first-order valence-electron chi connectivity index (χ1n) is 6.49. The molecule has 0 saturated carbocycles. The average Bonchev–Trinajstić information content (AvgIpc) is 2.31. The number of hydrogen-bond donors (Lipinski definition) is 2. The number of nitrogens with two attached hydrogens (primary N) is 1. The van der Waals surface area contributed by atoms with Gasteiger partial charge in [-0.3, -0.25) is 0 Å². The number of anilines is 1. The Morgan fingerprint density at radius 3 is 2.50 bits per heavy atom. The fourth-order valence-corrected chi connectivity index (χ4v) is 1.94. The van der Waals surface area contributed by atoms with E-state index in [1.54, 1.807) is 7.11 Å². The summed E-state index contributed by atoms with van der Waals surface area (Å²) in [5.41, 5.74) is 9.45. The zero-order valence-electron chi connectivity index (χ0n) is 12.3. The minimum Gasteiger partial charge on any atom is -0.495 e. The zero-order chi connectivity index (χ0) is 13.8. The fourth-order valence-electron chi connectivity index (χ4n) is 1.94. The van der Waals surface area contributed by atoms with Gasteiger partial charge in [0.1, 0.15) is 5.75 Å². The number of methoxy groups -OCH3 is 1. The summed E-state index contributed by atoms with van der Waals surface area (Å²) in [5.74, 6) is 0.915. The van der Waals surface area contributed by atoms with Crippen molar-refractivity contribution < 1.29 is 4.74 Å². The average molecular weight is 250 g/mol. The number of nitrogens with one attached hydrogen (secondary N) is 1. The molecule has 3 heteroatoms. The molecule has 0 spiro atoms. The van der Waals surface area contributed by atoms with Crippen molar-refractivity contribution in [1.29, 1.82) is 0 Å². The molecule has 102 valence electrons. The Morgan fingerprint density at radius 2 is 1.94 bits per heavy atom. The van der Waals surface area contributed by atoms with Gasteiger partial charge >= 0.3 is 0 Å². The van der Waals surface area contributed by atoms with Crippen molar-refractivity contribution in [2.75, 3.05) is 25.5 Å². The largest absolute Gasteiger partial charge is 0.495 e. The van der Waals surface area contributed by atoms with E-state index in [4.69, 9.17) is 10.5 Å². The van der Waals surface area contributed by atoms with Gasteiger partial charge in [-0.2, -0.15) is 0 Å². The Kier molecular flexibility index (Phi) is 5.03. The molecule has 0 aliphatic rings. The fraction of sp³-hybridized carbons (Fsp3) is 0.600. The number of hydrogen-bond acceptors (Lipinski definition) is 3. The first kappa shape index (κ1) is 14.8. The van der Waals surface area contributed by atoms with Crippen LogP contribution in [0.1, 0.15) is 31.4 Å². The maximum atomic E-state index is 5.74. The summed E-state index contributed by atoms with van der Waals surface area (Å²) < 4.78 is 5.43. The Labute approximate surface area is 111 Å². The van der Waals surface area contributed by atoms with Crippen LogP contribution < -0.4 is 15.8 Å². The molecule has 0 aromatic heterocycles. The van der Waals surface area contributed by atoms with E-state index in [1.807, 2.05) is 0 Å². The number of rotatable bonds is 6. The number of ether oxygens (including phenoxy) is 1. The molecule has 0 amide bonds. The Balaban J connectivity index is 2.73. The van der Waals surface area contributed by atoms with Gasteiger partial charge in [0.15, 0.2) is 0 Å². The smallest absolute Gasteiger partial charge is 0.142 e. The Morgan fingerprint density at radius 1 is 1.28 bits per heavy atom. The van der Waals surface area contributed by atoms with E-state index in [9.17, 15) is 0 Å². The van der Waals surface area contributed by atoms with E-state index < -0.39 is 0 Å². The first-order chi connectivity index (χ1) is 8.39. The highest BCUT2D eigenvalue weighted by Crippen LogP contribution is 2.30. The third-order valence-electron chi connectivity index (χ3n) is 3.32. The van der Waals surface area contributed by atoms with Gasteiger partial charge in [-0.15, -0.1) is 0 Å². The SMILES string of the molecule is COc1cc(C)cc(C)c1NCCC(C)(C)CN. The van der Waals surface area contributed by atoms with Crippen molar-refractivity contribution in [2.45, 2.75) is 34.1 Å². The third kappa shape index (κ3) is 3.91. The minimum absolute atomic E-state index is 0.179. The van der Waals surface area contributed by atoms with Gasteiger partial charge in [0.25, 0.3) is 0 Å². The summed E-state index contributed by atoms with van der Waals surface area (Å²) in [5, 5.41) is 3.47. The van der Waals surface area contributed by atoms with E-state index in [0.717, 1.165) is 24.4 Å². The molecule has 0 aliphatic carbocycles. The predicted octanol–water partition coefficient (Wildman–Crippen LogP) is 3.10. The van der Waals surface area contributed by atoms with Crippen molar-refractivity contribution in [3.05, 3.63) is 23.3 Å². The topological polar surface area (TPSA) is 47.3 Å². The second-order valence-corrected chi connectivity index (χ2v) is 5.70. The van der Waals surface area contributed by atoms with E-state index in [0.29, 0.717) is 6.54 Å². The Bertz CT molecular complexity index is 400. The van der Waals surface area contributed by atoms with E-state index in [2.05, 4.69) is 45.1 Å². The van der Waals surface area contributed by atoms with Crippen molar-refractivity contribution in [3.63, 3.8) is 0 Å². The molecule has 1 aromatic carbocycles. The molecule has 1 aromatic rings. The molecule has 0 aliphatic heterocycles. The molecule has 0 saturated heterocycles. The van der Waals surface area contributed by atoms with Gasteiger partial charge < -0.3 is 15.8 Å². The van der Waals surface area contributed by atoms with Crippen molar-refractivity contribution in [1.82, 2.24) is 0 Å². The summed E-state index contributed by atoms with van der Waals surface area (Å²) in [7, 11) is 1.71. The summed E-state index contributed by atoms with van der Waals surface area (Å²) >= 11 is 0. The van der Waals surface area contributed by atoms with Crippen molar-refractivity contribution >= 4 is 5.69 Å². The molecule has 0 fully saturated rings. The van der Waals surface area contributed by atoms with Gasteiger partial charge in [-0.1, -0.05) is 19.9 Å². The van der Waals surface area contributed by atoms with Crippen molar-refractivity contribution in [3.8, 4) is 5.75 Å². The molecule has 3 N–H and O–H groups in total. The summed E-state index contributed by atoms with van der Waals surface area (Å²) in [6.07, 6.45) is 1.04. The van der Waals surface area contributed by atoms with Crippen LogP contribution in [0.25, 0.3) is 0 Å². The maximum absolute atomic E-state index is 5.74. The summed E-state index contributed by atoms with van der Waals surface area (Å²) in [6.45, 7) is 10.2. The molecule has 3 nitrogen and oxygen atoms in total. The normalized spacial score (nSPS) is 11.4. The highest BCUT2D eigenvalue weighted by atomic mass is 16.5. The lowest BCUT2D eigenvalue weighted by Gasteiger charge is -2.23. The van der Waals surface area contributed by atoms with Crippen LogP contribution in [-0.2, 0) is 0 Å². The Hall–Kier alpha value is -1.22. The molecular formula is C15H26N2O. The van der Waals surface area contributed by atoms with E-state index in [-0.39, 0.29) is 5.41 Å². The zero-order valence-corrected chi connectivity index (χ0v) is 12.3. The molecule has 0 radical (unpaired) electrons. The lowest BCUT2D eigenvalue weighted by atomic mass is 9.89. The summed E-state index contributed by atoms with van der Waals surface area (Å²) in [4.78, 5) is 0. The standard InChI is InChI=1S/C15H26N2O/c1-11-8-12(2)14(13(9-11)18-5)17-7-6-15(3,4)10-16/h8-9,17H,6-7,10,16H2,1-5H3. The quantitative estimate of drug-likeness (QED) is 0.815. The van der Waals surface area contributed by atoms with Crippen LogP contribution >= 0.6 is 0 Å².